The predicted molar refractivity (Wildman–Crippen MR) is 177 cm³/mol. The van der Waals surface area contributed by atoms with E-state index in [1.54, 1.807) is 6.20 Å². The Hall–Kier alpha value is -4.95. The van der Waals surface area contributed by atoms with Crippen molar-refractivity contribution in [3.8, 4) is 44.8 Å². The molecule has 0 unspecified atom stereocenters. The minimum absolute atomic E-state index is 0. The van der Waals surface area contributed by atoms with E-state index in [4.69, 9.17) is 0 Å². The molecule has 2 aromatic heterocycles. The SMILES string of the molecule is Cc1cc(-c2[c-]cccc2)ncc1-c1ccccc1.[Ir].[c-]1ccccc1-c1[c-]cccc1.[c-]1ccccc1-c1ccccn1. The molecule has 0 aliphatic carbocycles. The first-order chi connectivity index (χ1) is 21.3. The average Bonchev–Trinajstić information content (AvgIpc) is 3.11. The second-order valence-corrected chi connectivity index (χ2v) is 9.57. The van der Waals surface area contributed by atoms with Crippen LogP contribution in [0.15, 0.2) is 164 Å². The van der Waals surface area contributed by atoms with Crippen molar-refractivity contribution in [2.75, 3.05) is 0 Å². The smallest absolute Gasteiger partial charge is 0.0242 e. The maximum atomic E-state index is 4.55. The van der Waals surface area contributed by atoms with Crippen LogP contribution in [-0.4, -0.2) is 9.97 Å². The molecule has 0 atom stereocenters. The van der Waals surface area contributed by atoms with Crippen molar-refractivity contribution in [2.45, 2.75) is 6.92 Å². The van der Waals surface area contributed by atoms with Gasteiger partial charge in [0.15, 0.2) is 0 Å². The third-order valence-corrected chi connectivity index (χ3v) is 6.54. The monoisotopic (exact) mass is 743 g/mol. The first kappa shape index (κ1) is 32.0. The van der Waals surface area contributed by atoms with Crippen molar-refractivity contribution in [3.05, 3.63) is 194 Å². The average molecular weight is 743 g/mol. The van der Waals surface area contributed by atoms with Crippen LogP contribution in [0.1, 0.15) is 5.56 Å². The van der Waals surface area contributed by atoms with Gasteiger partial charge in [-0.25, -0.2) is 11.1 Å². The number of aromatic nitrogens is 2. The zero-order valence-electron chi connectivity index (χ0n) is 24.3. The molecule has 2 heterocycles. The van der Waals surface area contributed by atoms with Crippen LogP contribution in [0.2, 0.25) is 0 Å². The van der Waals surface area contributed by atoms with Gasteiger partial charge in [-0.05, 0) is 35.5 Å². The molecule has 0 aliphatic heterocycles. The molecular weight excluding hydrogens is 713 g/mol. The van der Waals surface area contributed by atoms with Gasteiger partial charge in [-0.15, -0.1) is 83.9 Å². The Morgan fingerprint density at radius 3 is 1.39 bits per heavy atom. The van der Waals surface area contributed by atoms with E-state index >= 15 is 0 Å². The number of aryl methyl sites for hydroxylation is 1. The first-order valence-corrected chi connectivity index (χ1v) is 14.1. The summed E-state index contributed by atoms with van der Waals surface area (Å²) in [5.41, 5.74) is 9.82. The summed E-state index contributed by atoms with van der Waals surface area (Å²) in [5, 5.41) is 0. The van der Waals surface area contributed by atoms with E-state index in [1.807, 2.05) is 140 Å². The summed E-state index contributed by atoms with van der Waals surface area (Å²) in [6.07, 6.45) is 3.73. The molecule has 0 saturated heterocycles. The second-order valence-electron chi connectivity index (χ2n) is 9.57. The molecule has 217 valence electrons. The van der Waals surface area contributed by atoms with Crippen molar-refractivity contribution in [2.24, 2.45) is 0 Å². The molecule has 7 rings (SSSR count). The third kappa shape index (κ3) is 9.28. The zero-order chi connectivity index (χ0) is 29.5. The standard InChI is InChI=1S/C18H14N.C12H8.C11H8N.Ir/c1-14-12-18(16-10-6-3-7-11-16)19-13-17(14)15-8-4-2-5-9-15;1-3-7-11(8-4-1)12-9-5-2-6-10-12;1-2-6-10(7-3-1)11-8-4-5-9-12-11;/h2-10,12-13H,1H3;1-7,9H;1-6,8-9H;/q-1;-2;-1;. The van der Waals surface area contributed by atoms with E-state index in [9.17, 15) is 0 Å². The molecule has 2 nitrogen and oxygen atoms in total. The quantitative estimate of drug-likeness (QED) is 0.168. The molecule has 3 heteroatoms. The second kappa shape index (κ2) is 17.2. The summed E-state index contributed by atoms with van der Waals surface area (Å²) in [7, 11) is 0. The van der Waals surface area contributed by atoms with E-state index in [-0.39, 0.29) is 20.1 Å². The van der Waals surface area contributed by atoms with Gasteiger partial charge in [-0.1, -0.05) is 48.5 Å². The van der Waals surface area contributed by atoms with E-state index in [2.05, 4.69) is 59.4 Å². The minimum atomic E-state index is 0. The summed E-state index contributed by atoms with van der Waals surface area (Å²) in [6.45, 7) is 2.12. The number of nitrogens with zero attached hydrogens (tertiary/aromatic N) is 2. The van der Waals surface area contributed by atoms with Crippen LogP contribution in [-0.2, 0) is 20.1 Å². The molecule has 1 radical (unpaired) electrons. The van der Waals surface area contributed by atoms with E-state index in [1.165, 1.54) is 16.7 Å². The fraction of sp³-hybridized carbons (Fsp3) is 0.0244. The largest absolute Gasteiger partial charge is 0.305 e. The first-order valence-electron chi connectivity index (χ1n) is 14.1. The molecule has 0 N–H and O–H groups in total. The summed E-state index contributed by atoms with van der Waals surface area (Å²) in [4.78, 5) is 8.77. The maximum Gasteiger partial charge on any atom is 0.0242 e. The third-order valence-electron chi connectivity index (χ3n) is 6.54. The Morgan fingerprint density at radius 2 is 0.932 bits per heavy atom. The topological polar surface area (TPSA) is 25.8 Å². The Balaban J connectivity index is 0.000000155. The molecule has 0 aliphatic rings. The van der Waals surface area contributed by atoms with Gasteiger partial charge < -0.3 is 9.97 Å². The van der Waals surface area contributed by atoms with Crippen LogP contribution in [0.25, 0.3) is 44.8 Å². The zero-order valence-corrected chi connectivity index (χ0v) is 26.7. The van der Waals surface area contributed by atoms with Gasteiger partial charge in [0.25, 0.3) is 0 Å². The van der Waals surface area contributed by atoms with Gasteiger partial charge in [0.05, 0.1) is 0 Å². The number of hydrogen-bond donors (Lipinski definition) is 0. The van der Waals surface area contributed by atoms with Crippen LogP contribution in [0.5, 0.6) is 0 Å². The Kier molecular flexibility index (Phi) is 12.5. The Morgan fingerprint density at radius 1 is 0.455 bits per heavy atom. The van der Waals surface area contributed by atoms with Crippen LogP contribution < -0.4 is 0 Å². The Labute approximate surface area is 274 Å². The summed E-state index contributed by atoms with van der Waals surface area (Å²) < 4.78 is 0. The van der Waals surface area contributed by atoms with Crippen LogP contribution in [0.3, 0.4) is 0 Å². The summed E-state index contributed by atoms with van der Waals surface area (Å²) in [6, 6.07) is 62.6. The molecular formula is C41H30IrN2-4. The van der Waals surface area contributed by atoms with E-state index in [0.29, 0.717) is 0 Å². The van der Waals surface area contributed by atoms with Crippen LogP contribution in [0.4, 0.5) is 0 Å². The van der Waals surface area contributed by atoms with Crippen LogP contribution >= 0.6 is 0 Å². The van der Waals surface area contributed by atoms with E-state index < -0.39 is 0 Å². The molecule has 0 bridgehead atoms. The van der Waals surface area contributed by atoms with Gasteiger partial charge in [0.2, 0.25) is 0 Å². The van der Waals surface area contributed by atoms with Gasteiger partial charge in [0, 0.05) is 38.1 Å². The fourth-order valence-corrected chi connectivity index (χ4v) is 4.37. The number of pyridine rings is 2. The van der Waals surface area contributed by atoms with Crippen molar-refractivity contribution >= 4 is 0 Å². The molecule has 7 aromatic rings. The molecule has 0 fully saturated rings. The van der Waals surface area contributed by atoms with Gasteiger partial charge in [0.1, 0.15) is 0 Å². The van der Waals surface area contributed by atoms with Gasteiger partial charge in [-0.2, -0.15) is 48.5 Å². The normalized spacial score (nSPS) is 9.75. The van der Waals surface area contributed by atoms with Crippen molar-refractivity contribution in [3.63, 3.8) is 0 Å². The van der Waals surface area contributed by atoms with Gasteiger partial charge >= 0.3 is 0 Å². The fourth-order valence-electron chi connectivity index (χ4n) is 4.37. The van der Waals surface area contributed by atoms with Crippen molar-refractivity contribution < 1.29 is 20.1 Å². The molecule has 44 heavy (non-hydrogen) atoms. The Bertz CT molecular complexity index is 1630. The van der Waals surface area contributed by atoms with Crippen LogP contribution in [0, 0.1) is 31.2 Å². The van der Waals surface area contributed by atoms with Crippen molar-refractivity contribution in [1.82, 2.24) is 9.97 Å². The number of hydrogen-bond acceptors (Lipinski definition) is 2. The molecule has 0 amide bonds. The number of rotatable bonds is 4. The summed E-state index contributed by atoms with van der Waals surface area (Å²) >= 11 is 0. The number of benzene rings is 5. The predicted octanol–water partition coefficient (Wildman–Crippen LogP) is 10.0. The van der Waals surface area contributed by atoms with Crippen molar-refractivity contribution in [1.29, 1.82) is 0 Å². The minimum Gasteiger partial charge on any atom is -0.305 e. The summed E-state index contributed by atoms with van der Waals surface area (Å²) in [5.74, 6) is 0. The molecule has 0 saturated carbocycles. The molecule has 0 spiro atoms. The van der Waals surface area contributed by atoms with Gasteiger partial charge in [-0.3, -0.25) is 0 Å². The van der Waals surface area contributed by atoms with E-state index in [0.717, 1.165) is 33.6 Å². The molecule has 5 aromatic carbocycles. The maximum absolute atomic E-state index is 4.55.